The van der Waals surface area contributed by atoms with Crippen molar-refractivity contribution in [2.24, 2.45) is 4.99 Å². The van der Waals surface area contributed by atoms with Crippen LogP contribution in [0.2, 0.25) is 0 Å². The standard InChI is InChI=1S/C36H30N6O7S2/c1-5-48-34(44)29-30(21-12-8-6-9-13-21)37-35-41(31(29)22-18-25(45-2)32(47-4)26(19-22)46-3)33(43)27(50-35)20-24-16-17-28(49-24)51-36-38-39-40-42(36)23-14-10-7-11-15-23/h6-20,31H,5H2,1-4H3/b27-20-/t31-/m0/s1. The molecular weight excluding hydrogens is 693 g/mol. The molecule has 0 saturated heterocycles. The van der Waals surface area contributed by atoms with Gasteiger partial charge in [0, 0.05) is 11.6 Å². The lowest BCUT2D eigenvalue weighted by molar-refractivity contribution is -0.138. The molecule has 3 aromatic heterocycles. The highest BCUT2D eigenvalue weighted by Gasteiger charge is 2.36. The van der Waals surface area contributed by atoms with Gasteiger partial charge in [0.1, 0.15) is 5.76 Å². The molecule has 0 spiro atoms. The van der Waals surface area contributed by atoms with Crippen LogP contribution in [0.25, 0.3) is 17.5 Å². The van der Waals surface area contributed by atoms with Crippen LogP contribution in [0.3, 0.4) is 0 Å². The maximum atomic E-state index is 14.4. The zero-order chi connectivity index (χ0) is 35.5. The molecule has 0 N–H and O–H groups in total. The van der Waals surface area contributed by atoms with Gasteiger partial charge in [0.15, 0.2) is 21.4 Å². The van der Waals surface area contributed by atoms with Gasteiger partial charge >= 0.3 is 5.97 Å². The maximum Gasteiger partial charge on any atom is 0.338 e. The first-order valence-corrected chi connectivity index (χ1v) is 17.3. The first-order chi connectivity index (χ1) is 24.9. The molecule has 4 heterocycles. The highest BCUT2D eigenvalue weighted by molar-refractivity contribution is 7.99. The number of carbonyl (C=O) groups is 1. The average molecular weight is 723 g/mol. The minimum Gasteiger partial charge on any atom is -0.493 e. The van der Waals surface area contributed by atoms with Gasteiger partial charge < -0.3 is 23.4 Å². The van der Waals surface area contributed by atoms with Crippen molar-refractivity contribution in [1.82, 2.24) is 24.8 Å². The molecule has 15 heteroatoms. The summed E-state index contributed by atoms with van der Waals surface area (Å²) in [5, 5.41) is 13.1. The Labute approximate surface area is 299 Å². The van der Waals surface area contributed by atoms with Gasteiger partial charge in [-0.15, -0.1) is 5.10 Å². The number of tetrazole rings is 1. The van der Waals surface area contributed by atoms with Gasteiger partial charge in [0.25, 0.3) is 5.56 Å². The van der Waals surface area contributed by atoms with Gasteiger partial charge in [-0.1, -0.05) is 59.9 Å². The number of furan rings is 1. The minimum atomic E-state index is -0.967. The van der Waals surface area contributed by atoms with Crippen LogP contribution in [0.5, 0.6) is 17.2 Å². The van der Waals surface area contributed by atoms with Crippen LogP contribution in [0.4, 0.5) is 0 Å². The molecule has 0 unspecified atom stereocenters. The third-order valence-corrected chi connectivity index (χ3v) is 9.73. The van der Waals surface area contributed by atoms with Crippen molar-refractivity contribution < 1.29 is 28.2 Å². The smallest absolute Gasteiger partial charge is 0.338 e. The van der Waals surface area contributed by atoms with E-state index in [0.717, 1.165) is 5.69 Å². The highest BCUT2D eigenvalue weighted by Crippen LogP contribution is 2.43. The predicted octanol–water partition coefficient (Wildman–Crippen LogP) is 4.68. The Hall–Kier alpha value is -5.93. The zero-order valence-electron chi connectivity index (χ0n) is 27.8. The first kappa shape index (κ1) is 33.6. The van der Waals surface area contributed by atoms with Gasteiger partial charge in [-0.2, -0.15) is 4.68 Å². The molecule has 6 aromatic rings. The molecular formula is C36H30N6O7S2. The summed E-state index contributed by atoms with van der Waals surface area (Å²) in [6.45, 7) is 1.84. The number of thiazole rings is 1. The molecule has 0 radical (unpaired) electrons. The molecule has 1 aliphatic heterocycles. The van der Waals surface area contributed by atoms with E-state index in [4.69, 9.17) is 28.4 Å². The molecule has 0 aliphatic carbocycles. The number of hydrogen-bond acceptors (Lipinski definition) is 13. The number of benzene rings is 3. The molecule has 7 rings (SSSR count). The molecule has 0 fully saturated rings. The van der Waals surface area contributed by atoms with E-state index in [0.29, 0.717) is 59.4 Å². The zero-order valence-corrected chi connectivity index (χ0v) is 29.4. The number of hydrogen-bond donors (Lipinski definition) is 0. The third-order valence-electron chi connectivity index (χ3n) is 7.89. The molecule has 13 nitrogen and oxygen atoms in total. The summed E-state index contributed by atoms with van der Waals surface area (Å²) in [5.74, 6) is 0.895. The Morgan fingerprint density at radius 1 is 0.961 bits per heavy atom. The van der Waals surface area contributed by atoms with Crippen molar-refractivity contribution in [3.8, 4) is 22.9 Å². The summed E-state index contributed by atoms with van der Waals surface area (Å²) in [6, 6.07) is 24.8. The Morgan fingerprint density at radius 2 is 1.67 bits per heavy atom. The van der Waals surface area contributed by atoms with Crippen molar-refractivity contribution in [3.05, 3.63) is 127 Å². The molecule has 3 aromatic carbocycles. The minimum absolute atomic E-state index is 0.118. The van der Waals surface area contributed by atoms with Crippen LogP contribution >= 0.6 is 23.1 Å². The van der Waals surface area contributed by atoms with E-state index in [2.05, 4.69) is 15.5 Å². The number of aromatic nitrogens is 5. The average Bonchev–Trinajstić information content (AvgIpc) is 3.90. The van der Waals surface area contributed by atoms with Crippen LogP contribution in [-0.4, -0.2) is 58.7 Å². The second kappa shape index (κ2) is 14.5. The molecule has 0 saturated carbocycles. The van der Waals surface area contributed by atoms with Crippen LogP contribution in [0.1, 0.15) is 29.9 Å². The van der Waals surface area contributed by atoms with E-state index in [1.54, 1.807) is 41.9 Å². The first-order valence-electron chi connectivity index (χ1n) is 15.6. The highest BCUT2D eigenvalue weighted by atomic mass is 32.2. The van der Waals surface area contributed by atoms with E-state index >= 15 is 0 Å². The van der Waals surface area contributed by atoms with Gasteiger partial charge in [-0.25, -0.2) is 9.79 Å². The second-order valence-electron chi connectivity index (χ2n) is 10.9. The number of para-hydroxylation sites is 1. The van der Waals surface area contributed by atoms with Crippen molar-refractivity contribution in [2.75, 3.05) is 27.9 Å². The Kier molecular flexibility index (Phi) is 9.55. The van der Waals surface area contributed by atoms with Gasteiger partial charge in [-0.05, 0) is 71.1 Å². The van der Waals surface area contributed by atoms with Crippen LogP contribution in [-0.2, 0) is 9.53 Å². The lowest BCUT2D eigenvalue weighted by atomic mass is 9.92. The van der Waals surface area contributed by atoms with Gasteiger partial charge in [-0.3, -0.25) is 9.36 Å². The van der Waals surface area contributed by atoms with Crippen molar-refractivity contribution >= 4 is 40.8 Å². The van der Waals surface area contributed by atoms with Crippen molar-refractivity contribution in [1.29, 1.82) is 0 Å². The molecule has 0 amide bonds. The molecule has 51 heavy (non-hydrogen) atoms. The second-order valence-corrected chi connectivity index (χ2v) is 12.8. The summed E-state index contributed by atoms with van der Waals surface area (Å²) in [4.78, 5) is 33.6. The van der Waals surface area contributed by atoms with E-state index in [-0.39, 0.29) is 17.7 Å². The topological polar surface area (TPSA) is 145 Å². The van der Waals surface area contributed by atoms with Crippen LogP contribution < -0.4 is 29.1 Å². The SMILES string of the molecule is CCOC(=O)C1=C(c2ccccc2)N=c2s/c(=C\c3ccc(Sc4nnnn4-c4ccccc4)o3)c(=O)n2[C@H]1c1cc(OC)c(OC)c(OC)c1. The number of methoxy groups -OCH3 is 3. The van der Waals surface area contributed by atoms with Gasteiger partial charge in [0.05, 0.1) is 55.5 Å². The third kappa shape index (κ3) is 6.44. The molecule has 258 valence electrons. The molecule has 1 aliphatic rings. The Bertz CT molecular complexity index is 2410. The molecule has 1 atom stereocenters. The summed E-state index contributed by atoms with van der Waals surface area (Å²) >= 11 is 2.42. The number of ether oxygens (including phenoxy) is 4. The van der Waals surface area contributed by atoms with Crippen molar-refractivity contribution in [2.45, 2.75) is 23.2 Å². The maximum absolute atomic E-state index is 14.4. The Morgan fingerprint density at radius 3 is 2.33 bits per heavy atom. The number of nitrogens with zero attached hydrogens (tertiary/aromatic N) is 6. The quantitative estimate of drug-likeness (QED) is 0.172. The summed E-state index contributed by atoms with van der Waals surface area (Å²) in [7, 11) is 4.51. The number of fused-ring (bicyclic) bond motifs is 1. The van der Waals surface area contributed by atoms with Crippen molar-refractivity contribution in [3.63, 3.8) is 0 Å². The molecule has 0 bridgehead atoms. The monoisotopic (exact) mass is 722 g/mol. The van der Waals surface area contributed by atoms with Crippen LogP contribution in [0, 0.1) is 0 Å². The van der Waals surface area contributed by atoms with Crippen LogP contribution in [0.15, 0.2) is 115 Å². The normalized spacial score (nSPS) is 14.2. The lowest BCUT2D eigenvalue weighted by Crippen LogP contribution is -2.40. The number of carbonyl (C=O) groups excluding carboxylic acids is 1. The predicted molar refractivity (Wildman–Crippen MR) is 189 cm³/mol. The van der Waals surface area contributed by atoms with E-state index in [1.165, 1.54) is 49.0 Å². The number of rotatable bonds is 11. The summed E-state index contributed by atoms with van der Waals surface area (Å²) in [6.07, 6.45) is 1.65. The fraction of sp³-hybridized carbons (Fsp3) is 0.167. The largest absolute Gasteiger partial charge is 0.493 e. The fourth-order valence-electron chi connectivity index (χ4n) is 5.67. The number of esters is 1. The summed E-state index contributed by atoms with van der Waals surface area (Å²) < 4.78 is 32.0. The van der Waals surface area contributed by atoms with E-state index in [1.807, 2.05) is 60.7 Å². The fourth-order valence-corrected chi connectivity index (χ4v) is 7.42. The van der Waals surface area contributed by atoms with Gasteiger partial charge in [0.2, 0.25) is 10.9 Å². The van der Waals surface area contributed by atoms with E-state index < -0.39 is 12.0 Å². The lowest BCUT2D eigenvalue weighted by Gasteiger charge is -2.27. The summed E-state index contributed by atoms with van der Waals surface area (Å²) in [5.41, 5.74) is 2.19. The Balaban J connectivity index is 1.37. The van der Waals surface area contributed by atoms with E-state index in [9.17, 15) is 9.59 Å².